The Balaban J connectivity index is 1.29. The van der Waals surface area contributed by atoms with Gasteiger partial charge < -0.3 is 9.47 Å². The van der Waals surface area contributed by atoms with Crippen LogP contribution in [0.5, 0.6) is 11.5 Å². The maximum atomic E-state index is 13.1. The van der Waals surface area contributed by atoms with E-state index >= 15 is 0 Å². The van der Waals surface area contributed by atoms with E-state index in [0.717, 1.165) is 16.9 Å². The van der Waals surface area contributed by atoms with E-state index in [1.54, 1.807) is 25.3 Å². The zero-order valence-electron chi connectivity index (χ0n) is 18.7. The Kier molecular flexibility index (Phi) is 6.77. The molecule has 1 aliphatic rings. The van der Waals surface area contributed by atoms with Crippen LogP contribution in [0.1, 0.15) is 11.1 Å². The molecule has 0 radical (unpaired) electrons. The molecule has 4 nitrogen and oxygen atoms in total. The first-order chi connectivity index (χ1) is 17.0. The van der Waals surface area contributed by atoms with Crippen molar-refractivity contribution in [2.24, 2.45) is 0 Å². The summed E-state index contributed by atoms with van der Waals surface area (Å²) in [6.07, 6.45) is 1.83. The Morgan fingerprint density at radius 3 is 2.54 bits per heavy atom. The fourth-order valence-electron chi connectivity index (χ4n) is 3.88. The maximum Gasteiger partial charge on any atom is 0.270 e. The molecule has 1 aliphatic heterocycles. The number of rotatable bonds is 6. The molecule has 174 valence electrons. The zero-order valence-corrected chi connectivity index (χ0v) is 21.1. The molecule has 0 aliphatic carbocycles. The Labute approximate surface area is 218 Å². The number of nitrogens with zero attached hydrogens (tertiary/aromatic N) is 1. The number of anilines is 1. The molecule has 4 aromatic rings. The lowest BCUT2D eigenvalue weighted by Crippen LogP contribution is -2.27. The van der Waals surface area contributed by atoms with E-state index in [1.807, 2.05) is 48.5 Å². The van der Waals surface area contributed by atoms with Crippen LogP contribution in [0, 0.1) is 0 Å². The van der Waals surface area contributed by atoms with E-state index in [4.69, 9.17) is 33.3 Å². The molecule has 0 N–H and O–H groups in total. The molecular formula is C28H20ClNO3S2. The van der Waals surface area contributed by atoms with Gasteiger partial charge in [0.1, 0.15) is 18.1 Å². The van der Waals surface area contributed by atoms with Gasteiger partial charge in [-0.05, 0) is 58.3 Å². The Hall–Kier alpha value is -3.32. The number of hydrogen-bond acceptors (Lipinski definition) is 5. The normalized spacial score (nSPS) is 14.7. The number of ether oxygens (including phenoxy) is 2. The van der Waals surface area contributed by atoms with Gasteiger partial charge in [0.25, 0.3) is 5.91 Å². The molecule has 1 saturated heterocycles. The highest BCUT2D eigenvalue weighted by Crippen LogP contribution is 2.38. The Bertz CT molecular complexity index is 1460. The van der Waals surface area contributed by atoms with Crippen molar-refractivity contribution in [2.45, 2.75) is 6.61 Å². The smallest absolute Gasteiger partial charge is 0.270 e. The first-order valence-electron chi connectivity index (χ1n) is 10.8. The topological polar surface area (TPSA) is 38.8 Å². The van der Waals surface area contributed by atoms with E-state index in [1.165, 1.54) is 27.4 Å². The molecule has 0 atom stereocenters. The van der Waals surface area contributed by atoms with Gasteiger partial charge in [-0.25, -0.2) is 0 Å². The van der Waals surface area contributed by atoms with Gasteiger partial charge in [0, 0.05) is 0 Å². The second kappa shape index (κ2) is 10.1. The number of hydrogen-bond donors (Lipinski definition) is 0. The van der Waals surface area contributed by atoms with Gasteiger partial charge >= 0.3 is 0 Å². The van der Waals surface area contributed by atoms with Gasteiger partial charge in [-0.15, -0.1) is 0 Å². The van der Waals surface area contributed by atoms with Crippen molar-refractivity contribution < 1.29 is 14.3 Å². The SMILES string of the molecule is COc1ccc(N2C(=O)/C(=C\c3ccc(OCc4cccc5ccccc45)cc3)SC2=S)cc1Cl. The molecule has 0 spiro atoms. The van der Waals surface area contributed by atoms with Gasteiger partial charge in [0.05, 0.1) is 22.7 Å². The summed E-state index contributed by atoms with van der Waals surface area (Å²) in [5.74, 6) is 1.12. The molecule has 1 amide bonds. The van der Waals surface area contributed by atoms with E-state index in [0.29, 0.717) is 32.3 Å². The van der Waals surface area contributed by atoms with Gasteiger partial charge in [-0.2, -0.15) is 0 Å². The van der Waals surface area contributed by atoms with Gasteiger partial charge in [-0.1, -0.05) is 90.2 Å². The Morgan fingerprint density at radius 1 is 1.00 bits per heavy atom. The summed E-state index contributed by atoms with van der Waals surface area (Å²) >= 11 is 13.0. The third-order valence-electron chi connectivity index (χ3n) is 5.64. The summed E-state index contributed by atoms with van der Waals surface area (Å²) in [7, 11) is 1.54. The Morgan fingerprint density at radius 2 is 1.77 bits per heavy atom. The van der Waals surface area contributed by atoms with Crippen LogP contribution in [-0.4, -0.2) is 17.3 Å². The number of amides is 1. The minimum atomic E-state index is -0.183. The molecule has 1 fully saturated rings. The molecule has 35 heavy (non-hydrogen) atoms. The predicted octanol–water partition coefficient (Wildman–Crippen LogP) is 7.49. The number of carbonyl (C=O) groups is 1. The lowest BCUT2D eigenvalue weighted by molar-refractivity contribution is -0.113. The summed E-state index contributed by atoms with van der Waals surface area (Å²) in [6.45, 7) is 0.476. The average molecular weight is 518 g/mol. The number of thioether (sulfide) groups is 1. The molecule has 0 saturated carbocycles. The molecule has 7 heteroatoms. The standard InChI is InChI=1S/C28H20ClNO3S2/c1-32-25-14-11-21(16-24(25)29)30-27(31)26(35-28(30)34)15-18-9-12-22(13-10-18)33-17-20-7-4-6-19-5-2-3-8-23(19)20/h2-16H,17H2,1H3/b26-15+. The highest BCUT2D eigenvalue weighted by molar-refractivity contribution is 8.27. The highest BCUT2D eigenvalue weighted by atomic mass is 35.5. The first-order valence-corrected chi connectivity index (χ1v) is 12.4. The first kappa shape index (κ1) is 23.4. The lowest BCUT2D eigenvalue weighted by atomic mass is 10.1. The number of benzene rings is 4. The minimum absolute atomic E-state index is 0.183. The van der Waals surface area contributed by atoms with Gasteiger partial charge in [0.2, 0.25) is 0 Å². The monoisotopic (exact) mass is 517 g/mol. The number of methoxy groups -OCH3 is 1. The van der Waals surface area contributed by atoms with Crippen molar-refractivity contribution >= 4 is 68.3 Å². The second-order valence-corrected chi connectivity index (χ2v) is 9.91. The maximum absolute atomic E-state index is 13.1. The number of thiocarbonyl (C=S) groups is 1. The van der Waals surface area contributed by atoms with Crippen LogP contribution in [0.25, 0.3) is 16.8 Å². The van der Waals surface area contributed by atoms with Crippen LogP contribution in [0.2, 0.25) is 5.02 Å². The zero-order chi connectivity index (χ0) is 24.4. The molecular weight excluding hydrogens is 498 g/mol. The quantitative estimate of drug-likeness (QED) is 0.196. The summed E-state index contributed by atoms with van der Waals surface area (Å²) in [5.41, 5.74) is 2.63. The number of carbonyl (C=O) groups excluding carboxylic acids is 1. The predicted molar refractivity (Wildman–Crippen MR) is 148 cm³/mol. The van der Waals surface area contributed by atoms with E-state index in [9.17, 15) is 4.79 Å². The highest BCUT2D eigenvalue weighted by Gasteiger charge is 2.33. The molecule has 1 heterocycles. The summed E-state index contributed by atoms with van der Waals surface area (Å²) in [5, 5.41) is 2.80. The summed E-state index contributed by atoms with van der Waals surface area (Å²) in [4.78, 5) is 15.1. The molecule has 0 aromatic heterocycles. The van der Waals surface area contributed by atoms with Crippen LogP contribution in [0.15, 0.2) is 89.8 Å². The van der Waals surface area contributed by atoms with Crippen LogP contribution >= 0.6 is 35.6 Å². The fraction of sp³-hybridized carbons (Fsp3) is 0.0714. The van der Waals surface area contributed by atoms with Crippen molar-refractivity contribution in [3.8, 4) is 11.5 Å². The van der Waals surface area contributed by atoms with Gasteiger partial charge in [0.15, 0.2) is 4.32 Å². The van der Waals surface area contributed by atoms with Crippen molar-refractivity contribution in [1.82, 2.24) is 0 Å². The van der Waals surface area contributed by atoms with Crippen molar-refractivity contribution in [1.29, 1.82) is 0 Å². The minimum Gasteiger partial charge on any atom is -0.495 e. The van der Waals surface area contributed by atoms with Crippen molar-refractivity contribution in [3.05, 3.63) is 106 Å². The van der Waals surface area contributed by atoms with E-state index in [-0.39, 0.29) is 5.91 Å². The number of halogens is 1. The molecule has 0 bridgehead atoms. The van der Waals surface area contributed by atoms with E-state index in [2.05, 4.69) is 24.3 Å². The van der Waals surface area contributed by atoms with Crippen molar-refractivity contribution in [2.75, 3.05) is 12.0 Å². The van der Waals surface area contributed by atoms with Crippen LogP contribution < -0.4 is 14.4 Å². The lowest BCUT2D eigenvalue weighted by Gasteiger charge is -2.15. The molecule has 4 aromatic carbocycles. The van der Waals surface area contributed by atoms with Crippen molar-refractivity contribution in [3.63, 3.8) is 0 Å². The van der Waals surface area contributed by atoms with Gasteiger partial charge in [-0.3, -0.25) is 9.69 Å². The number of fused-ring (bicyclic) bond motifs is 1. The summed E-state index contributed by atoms with van der Waals surface area (Å²) < 4.78 is 11.7. The van der Waals surface area contributed by atoms with Crippen LogP contribution in [-0.2, 0) is 11.4 Å². The van der Waals surface area contributed by atoms with Crippen LogP contribution in [0.3, 0.4) is 0 Å². The molecule has 0 unspecified atom stereocenters. The molecule has 5 rings (SSSR count). The third-order valence-corrected chi connectivity index (χ3v) is 7.24. The average Bonchev–Trinajstić information content (AvgIpc) is 3.15. The summed E-state index contributed by atoms with van der Waals surface area (Å²) in [6, 6.07) is 27.3. The van der Waals surface area contributed by atoms with Crippen LogP contribution in [0.4, 0.5) is 5.69 Å². The largest absolute Gasteiger partial charge is 0.495 e. The second-order valence-electron chi connectivity index (χ2n) is 7.83. The third kappa shape index (κ3) is 4.91. The van der Waals surface area contributed by atoms with E-state index < -0.39 is 0 Å². The fourth-order valence-corrected chi connectivity index (χ4v) is 5.43.